The van der Waals surface area contributed by atoms with Gasteiger partial charge < -0.3 is 19.0 Å². The fraction of sp³-hybridized carbons (Fsp3) is 0.217. The normalized spacial score (nSPS) is 16.4. The van der Waals surface area contributed by atoms with Crippen LogP contribution in [-0.4, -0.2) is 34.4 Å². The van der Waals surface area contributed by atoms with Crippen LogP contribution < -0.4 is 4.74 Å². The molecule has 1 atom stereocenters. The Kier molecular flexibility index (Phi) is 4.31. The number of likely N-dealkylation sites (tertiary alicyclic amines) is 1. The van der Waals surface area contributed by atoms with Gasteiger partial charge in [0, 0.05) is 17.5 Å². The molecule has 1 fully saturated rings. The summed E-state index contributed by atoms with van der Waals surface area (Å²) in [4.78, 5) is 23.0. The van der Waals surface area contributed by atoms with Crippen LogP contribution in [0, 0.1) is 0 Å². The van der Waals surface area contributed by atoms with Crippen molar-refractivity contribution in [3.8, 4) is 17.0 Å². The SMILES string of the molecule is COc1cccc(-c2cnc([C@H]3CCCN3C(=O)c3cc4ccccc4o3)[nH]2)c1. The zero-order valence-electron chi connectivity index (χ0n) is 16.1. The van der Waals surface area contributed by atoms with Crippen molar-refractivity contribution >= 4 is 16.9 Å². The Bertz CT molecular complexity index is 1140. The van der Waals surface area contributed by atoms with E-state index in [1.165, 1.54) is 0 Å². The second-order valence-electron chi connectivity index (χ2n) is 7.22. The van der Waals surface area contributed by atoms with Crippen LogP contribution in [0.5, 0.6) is 5.75 Å². The average Bonchev–Trinajstić information content (AvgIpc) is 3.51. The number of benzene rings is 2. The molecule has 1 aliphatic heterocycles. The molecule has 2 aromatic carbocycles. The zero-order valence-corrected chi connectivity index (χ0v) is 16.1. The van der Waals surface area contributed by atoms with E-state index < -0.39 is 0 Å². The molecular formula is C23H21N3O3. The molecule has 1 saturated heterocycles. The van der Waals surface area contributed by atoms with Crippen LogP contribution in [-0.2, 0) is 0 Å². The molecular weight excluding hydrogens is 366 g/mol. The summed E-state index contributed by atoms with van der Waals surface area (Å²) in [5, 5.41) is 0.935. The number of rotatable bonds is 4. The van der Waals surface area contributed by atoms with E-state index in [0.29, 0.717) is 12.3 Å². The Morgan fingerprint density at radius 2 is 2.10 bits per heavy atom. The highest BCUT2D eigenvalue weighted by atomic mass is 16.5. The molecule has 6 heteroatoms. The number of H-pyrrole nitrogens is 1. The molecule has 2 aromatic heterocycles. The van der Waals surface area contributed by atoms with Crippen molar-refractivity contribution in [2.75, 3.05) is 13.7 Å². The number of fused-ring (bicyclic) bond motifs is 1. The summed E-state index contributed by atoms with van der Waals surface area (Å²) in [6.45, 7) is 0.690. The molecule has 4 aromatic rings. The third-order valence-electron chi connectivity index (χ3n) is 5.44. The van der Waals surface area contributed by atoms with Crippen LogP contribution >= 0.6 is 0 Å². The van der Waals surface area contributed by atoms with Gasteiger partial charge in [-0.05, 0) is 37.1 Å². The lowest BCUT2D eigenvalue weighted by Crippen LogP contribution is -2.30. The van der Waals surface area contributed by atoms with Crippen LogP contribution in [0.3, 0.4) is 0 Å². The lowest BCUT2D eigenvalue weighted by atomic mass is 10.1. The van der Waals surface area contributed by atoms with Gasteiger partial charge in [-0.2, -0.15) is 0 Å². The van der Waals surface area contributed by atoms with Crippen LogP contribution in [0.15, 0.2) is 65.2 Å². The van der Waals surface area contributed by atoms with E-state index in [1.807, 2.05) is 65.7 Å². The quantitative estimate of drug-likeness (QED) is 0.545. The number of para-hydroxylation sites is 1. The molecule has 1 aliphatic rings. The predicted octanol–water partition coefficient (Wildman–Crippen LogP) is 4.81. The minimum Gasteiger partial charge on any atom is -0.497 e. The molecule has 1 amide bonds. The third-order valence-corrected chi connectivity index (χ3v) is 5.44. The Balaban J connectivity index is 1.42. The number of nitrogens with zero attached hydrogens (tertiary/aromatic N) is 2. The highest BCUT2D eigenvalue weighted by Gasteiger charge is 2.34. The van der Waals surface area contributed by atoms with E-state index >= 15 is 0 Å². The summed E-state index contributed by atoms with van der Waals surface area (Å²) >= 11 is 0. The van der Waals surface area contributed by atoms with Crippen LogP contribution in [0.4, 0.5) is 0 Å². The largest absolute Gasteiger partial charge is 0.497 e. The average molecular weight is 387 g/mol. The number of hydrogen-bond donors (Lipinski definition) is 1. The lowest BCUT2D eigenvalue weighted by Gasteiger charge is -2.22. The van der Waals surface area contributed by atoms with E-state index in [0.717, 1.165) is 46.6 Å². The first-order chi connectivity index (χ1) is 14.2. The van der Waals surface area contributed by atoms with Gasteiger partial charge in [0.15, 0.2) is 5.76 Å². The molecule has 0 aliphatic carbocycles. The Labute approximate surface area is 168 Å². The van der Waals surface area contributed by atoms with Crippen molar-refractivity contribution in [2.24, 2.45) is 0 Å². The van der Waals surface area contributed by atoms with Crippen LogP contribution in [0.1, 0.15) is 35.3 Å². The first-order valence-electron chi connectivity index (χ1n) is 9.72. The highest BCUT2D eigenvalue weighted by molar-refractivity contribution is 5.96. The molecule has 29 heavy (non-hydrogen) atoms. The maximum absolute atomic E-state index is 13.1. The highest BCUT2D eigenvalue weighted by Crippen LogP contribution is 2.34. The number of aromatic nitrogens is 2. The molecule has 6 nitrogen and oxygen atoms in total. The number of amides is 1. The number of carbonyl (C=O) groups excluding carboxylic acids is 1. The summed E-state index contributed by atoms with van der Waals surface area (Å²) in [6, 6.07) is 17.2. The minimum atomic E-state index is -0.0944. The summed E-state index contributed by atoms with van der Waals surface area (Å²) < 4.78 is 11.1. The lowest BCUT2D eigenvalue weighted by molar-refractivity contribution is 0.0700. The van der Waals surface area contributed by atoms with Gasteiger partial charge in [-0.25, -0.2) is 4.98 Å². The van der Waals surface area contributed by atoms with Gasteiger partial charge in [-0.3, -0.25) is 4.79 Å². The molecule has 0 spiro atoms. The zero-order chi connectivity index (χ0) is 19.8. The predicted molar refractivity (Wildman–Crippen MR) is 110 cm³/mol. The number of hydrogen-bond acceptors (Lipinski definition) is 4. The second kappa shape index (κ2) is 7.13. The monoisotopic (exact) mass is 387 g/mol. The molecule has 0 unspecified atom stereocenters. The van der Waals surface area contributed by atoms with E-state index in [4.69, 9.17) is 9.15 Å². The Morgan fingerprint density at radius 3 is 2.97 bits per heavy atom. The summed E-state index contributed by atoms with van der Waals surface area (Å²) in [5.41, 5.74) is 2.63. The van der Waals surface area contributed by atoms with Crippen molar-refractivity contribution in [2.45, 2.75) is 18.9 Å². The smallest absolute Gasteiger partial charge is 0.290 e. The molecule has 0 saturated carbocycles. The summed E-state index contributed by atoms with van der Waals surface area (Å²) in [5.74, 6) is 1.87. The van der Waals surface area contributed by atoms with Crippen molar-refractivity contribution in [3.63, 3.8) is 0 Å². The van der Waals surface area contributed by atoms with E-state index in [9.17, 15) is 4.79 Å². The maximum atomic E-state index is 13.1. The molecule has 146 valence electrons. The Morgan fingerprint density at radius 1 is 1.21 bits per heavy atom. The first-order valence-corrected chi connectivity index (χ1v) is 9.72. The van der Waals surface area contributed by atoms with Crippen molar-refractivity contribution < 1.29 is 13.9 Å². The van der Waals surface area contributed by atoms with Gasteiger partial charge in [-0.15, -0.1) is 0 Å². The van der Waals surface area contributed by atoms with Gasteiger partial charge in [0.05, 0.1) is 25.0 Å². The van der Waals surface area contributed by atoms with Gasteiger partial charge in [0.2, 0.25) is 0 Å². The maximum Gasteiger partial charge on any atom is 0.290 e. The van der Waals surface area contributed by atoms with Crippen molar-refractivity contribution in [1.29, 1.82) is 0 Å². The molecule has 1 N–H and O–H groups in total. The number of methoxy groups -OCH3 is 1. The standard InChI is InChI=1S/C23H21N3O3/c1-28-17-8-4-7-15(12-17)18-14-24-22(25-18)19-9-5-11-26(19)23(27)21-13-16-6-2-3-10-20(16)29-21/h2-4,6-8,10,12-14,19H,5,9,11H2,1H3,(H,24,25)/t19-/m1/s1. The second-order valence-corrected chi connectivity index (χ2v) is 7.22. The molecule has 0 radical (unpaired) electrons. The van der Waals surface area contributed by atoms with Crippen LogP contribution in [0.25, 0.3) is 22.2 Å². The first kappa shape index (κ1) is 17.6. The van der Waals surface area contributed by atoms with Gasteiger partial charge in [0.25, 0.3) is 5.91 Å². The fourth-order valence-corrected chi connectivity index (χ4v) is 3.97. The molecule has 0 bridgehead atoms. The number of furan rings is 1. The van der Waals surface area contributed by atoms with Crippen molar-refractivity contribution in [3.05, 3.63) is 72.4 Å². The number of ether oxygens (including phenoxy) is 1. The van der Waals surface area contributed by atoms with E-state index in [-0.39, 0.29) is 11.9 Å². The fourth-order valence-electron chi connectivity index (χ4n) is 3.97. The summed E-state index contributed by atoms with van der Waals surface area (Å²) in [6.07, 6.45) is 3.62. The third kappa shape index (κ3) is 3.16. The number of carbonyl (C=O) groups is 1. The van der Waals surface area contributed by atoms with Gasteiger partial charge >= 0.3 is 0 Å². The summed E-state index contributed by atoms with van der Waals surface area (Å²) in [7, 11) is 1.65. The van der Waals surface area contributed by atoms with Gasteiger partial charge in [-0.1, -0.05) is 30.3 Å². The van der Waals surface area contributed by atoms with E-state index in [2.05, 4.69) is 9.97 Å². The molecule has 5 rings (SSSR count). The minimum absolute atomic E-state index is 0.0879. The van der Waals surface area contributed by atoms with E-state index in [1.54, 1.807) is 7.11 Å². The number of imidazole rings is 1. The van der Waals surface area contributed by atoms with Crippen molar-refractivity contribution in [1.82, 2.24) is 14.9 Å². The number of aromatic amines is 1. The van der Waals surface area contributed by atoms with Gasteiger partial charge in [0.1, 0.15) is 17.2 Å². The number of nitrogens with one attached hydrogen (secondary N) is 1. The Hall–Kier alpha value is -3.54. The van der Waals surface area contributed by atoms with Crippen LogP contribution in [0.2, 0.25) is 0 Å². The topological polar surface area (TPSA) is 71.4 Å². The molecule has 3 heterocycles.